The largest absolute Gasteiger partial charge is 0.417 e. The number of alkyl halides is 3. The van der Waals surface area contributed by atoms with E-state index in [1.165, 1.54) is 17.0 Å². The van der Waals surface area contributed by atoms with Crippen LogP contribution in [0.2, 0.25) is 5.02 Å². The van der Waals surface area contributed by atoms with E-state index in [1.807, 2.05) is 0 Å². The van der Waals surface area contributed by atoms with Crippen LogP contribution in [0.15, 0.2) is 72.9 Å². The Kier molecular flexibility index (Phi) is 9.88. The number of nitrogens with zero attached hydrogens (tertiary/aromatic N) is 4. The normalized spacial score (nSPS) is 20.9. The number of benzene rings is 3. The summed E-state index contributed by atoms with van der Waals surface area (Å²) >= 11 is 5.85. The first-order chi connectivity index (χ1) is 23.4. The van der Waals surface area contributed by atoms with Crippen LogP contribution in [-0.2, 0) is 11.0 Å². The maximum Gasteiger partial charge on any atom is 0.417 e. The van der Waals surface area contributed by atoms with Crippen LogP contribution in [0.4, 0.5) is 22.0 Å². The van der Waals surface area contributed by atoms with E-state index in [9.17, 15) is 27.6 Å². The Hall–Kier alpha value is -4.57. The quantitative estimate of drug-likeness (QED) is 0.161. The monoisotopic (exact) mass is 694 g/mol. The molecule has 0 radical (unpaired) electrons. The lowest BCUT2D eigenvalue weighted by Crippen LogP contribution is -2.55. The lowest BCUT2D eigenvalue weighted by Gasteiger charge is -2.48. The number of amides is 1. The Morgan fingerprint density at radius 3 is 2.39 bits per heavy atom. The fraction of sp³-hybridized carbons (Fsp3) is 0.306. The number of piperidine rings is 2. The molecular weight excluding hydrogens is 663 g/mol. The molecule has 2 aliphatic heterocycles. The number of carbonyl (C=O) groups excluding carboxylic acids is 1. The van der Waals surface area contributed by atoms with Gasteiger partial charge in [-0.1, -0.05) is 35.9 Å². The number of aromatic amines is 1. The molecule has 3 unspecified atom stereocenters. The van der Waals surface area contributed by atoms with Gasteiger partial charge in [-0.05, 0) is 86.0 Å². The lowest BCUT2D eigenvalue weighted by atomic mass is 9.80. The predicted octanol–water partition coefficient (Wildman–Crippen LogP) is 7.46. The third-order valence-electron chi connectivity index (χ3n) is 9.35. The van der Waals surface area contributed by atoms with Gasteiger partial charge in [-0.3, -0.25) is 9.69 Å². The van der Waals surface area contributed by atoms with Gasteiger partial charge in [-0.25, -0.2) is 13.8 Å². The molecule has 49 heavy (non-hydrogen) atoms. The predicted molar refractivity (Wildman–Crippen MR) is 175 cm³/mol. The van der Waals surface area contributed by atoms with Crippen molar-refractivity contribution in [2.75, 3.05) is 19.6 Å². The summed E-state index contributed by atoms with van der Waals surface area (Å²) in [5.41, 5.74) is 6.63. The van der Waals surface area contributed by atoms with Crippen LogP contribution in [0.25, 0.3) is 17.3 Å². The van der Waals surface area contributed by atoms with Crippen LogP contribution < -0.4 is 5.73 Å². The van der Waals surface area contributed by atoms with Gasteiger partial charge >= 0.3 is 6.18 Å². The fourth-order valence-corrected chi connectivity index (χ4v) is 6.95. The number of hydrogen-bond donors (Lipinski definition) is 2. The maximum atomic E-state index is 15.0. The van der Waals surface area contributed by atoms with Gasteiger partial charge in [0.05, 0.1) is 40.2 Å². The summed E-state index contributed by atoms with van der Waals surface area (Å²) in [5.74, 6) is -2.40. The third-order valence-corrected chi connectivity index (χ3v) is 9.65. The number of nitrogens with one attached hydrogen (secondary N) is 1. The Labute approximate surface area is 284 Å². The zero-order chi connectivity index (χ0) is 34.9. The average Bonchev–Trinajstić information content (AvgIpc) is 3.58. The number of carbonyl (C=O) groups is 1. The number of halogens is 6. The van der Waals surface area contributed by atoms with Crippen LogP contribution in [0, 0.1) is 23.0 Å². The van der Waals surface area contributed by atoms with Crippen molar-refractivity contribution in [1.82, 2.24) is 19.8 Å². The van der Waals surface area contributed by atoms with Gasteiger partial charge in [0.25, 0.3) is 0 Å². The van der Waals surface area contributed by atoms with E-state index in [2.05, 4.69) is 20.9 Å². The molecule has 1 aromatic heterocycles. The van der Waals surface area contributed by atoms with Crippen molar-refractivity contribution in [1.29, 1.82) is 5.26 Å². The molecule has 254 valence electrons. The van der Waals surface area contributed by atoms with E-state index < -0.39 is 51.8 Å². The highest BCUT2D eigenvalue weighted by molar-refractivity contribution is 6.30. The van der Waals surface area contributed by atoms with E-state index in [4.69, 9.17) is 17.3 Å². The number of nitrogens with two attached hydrogens (primary N) is 1. The SMILES string of the molecule is N#Cc1ccc(-c2cnc(C3C(c4ccc(F)cc4)CC(N4CCC(N)CC4)CN3C(=O)/C=C/c3c(C(F)(F)F)ccc(Cl)c3F)[nH]2)cc1. The van der Waals surface area contributed by atoms with Crippen LogP contribution in [0.5, 0.6) is 0 Å². The molecule has 2 aliphatic rings. The van der Waals surface area contributed by atoms with Crippen molar-refractivity contribution >= 4 is 23.6 Å². The third kappa shape index (κ3) is 7.39. The molecular formula is C36H32ClF5N6O. The number of hydrogen-bond acceptors (Lipinski definition) is 5. The van der Waals surface area contributed by atoms with E-state index in [0.717, 1.165) is 42.2 Å². The molecule has 3 N–H and O–H groups in total. The number of aromatic nitrogens is 2. The highest BCUT2D eigenvalue weighted by Gasteiger charge is 2.43. The highest BCUT2D eigenvalue weighted by atomic mass is 35.5. The number of H-pyrrole nitrogens is 1. The Bertz CT molecular complexity index is 1880. The molecule has 0 spiro atoms. The summed E-state index contributed by atoms with van der Waals surface area (Å²) in [4.78, 5) is 26.0. The summed E-state index contributed by atoms with van der Waals surface area (Å²) in [5, 5.41) is 8.70. The van der Waals surface area contributed by atoms with Crippen LogP contribution in [0.3, 0.4) is 0 Å². The molecule has 3 aromatic carbocycles. The second kappa shape index (κ2) is 14.1. The molecule has 0 bridgehead atoms. The number of nitriles is 1. The molecule has 0 saturated carbocycles. The minimum Gasteiger partial charge on any atom is -0.340 e. The molecule has 2 saturated heterocycles. The van der Waals surface area contributed by atoms with Crippen molar-refractivity contribution < 1.29 is 26.7 Å². The Morgan fingerprint density at radius 1 is 1.04 bits per heavy atom. The molecule has 4 aromatic rings. The first-order valence-corrected chi connectivity index (χ1v) is 16.1. The average molecular weight is 695 g/mol. The Morgan fingerprint density at radius 2 is 1.73 bits per heavy atom. The zero-order valence-electron chi connectivity index (χ0n) is 26.1. The molecule has 0 aliphatic carbocycles. The standard InChI is InChI=1S/C36H32ClF5N6O/c37-30-11-10-29(36(40,41)42)27(33(30)39)9-12-32(49)48-20-26(47-15-13-25(44)14-16-47)17-28(22-5-7-24(38)8-6-22)34(48)35-45-19-31(46-35)23-3-1-21(18-43)2-4-23/h1-12,19,25-26,28,34H,13-17,20,44H2,(H,45,46)/b12-9+. The molecule has 3 atom stereocenters. The van der Waals surface area contributed by atoms with Crippen molar-refractivity contribution in [2.45, 2.75) is 49.5 Å². The molecule has 2 fully saturated rings. The summed E-state index contributed by atoms with van der Waals surface area (Å²) < 4.78 is 70.7. The van der Waals surface area contributed by atoms with E-state index in [1.54, 1.807) is 42.6 Å². The smallest absolute Gasteiger partial charge is 0.340 e. The topological polar surface area (TPSA) is 102 Å². The van der Waals surface area contributed by atoms with Crippen molar-refractivity contribution in [2.24, 2.45) is 5.73 Å². The van der Waals surface area contributed by atoms with Crippen LogP contribution in [-0.4, -0.2) is 57.4 Å². The lowest BCUT2D eigenvalue weighted by molar-refractivity contribution is -0.138. The summed E-state index contributed by atoms with van der Waals surface area (Å²) in [6, 6.07) is 15.5. The first kappa shape index (κ1) is 34.3. The highest BCUT2D eigenvalue weighted by Crippen LogP contribution is 2.44. The number of likely N-dealkylation sites (tertiary alicyclic amines) is 2. The molecule has 1 amide bonds. The molecule has 6 rings (SSSR count). The van der Waals surface area contributed by atoms with Gasteiger partial charge in [0.15, 0.2) is 0 Å². The second-order valence-corrected chi connectivity index (χ2v) is 12.8. The van der Waals surface area contributed by atoms with E-state index in [-0.39, 0.29) is 18.6 Å². The van der Waals surface area contributed by atoms with Crippen molar-refractivity contribution in [3.05, 3.63) is 118 Å². The van der Waals surface area contributed by atoms with Crippen LogP contribution >= 0.6 is 11.6 Å². The number of rotatable bonds is 6. The summed E-state index contributed by atoms with van der Waals surface area (Å²) in [7, 11) is 0. The van der Waals surface area contributed by atoms with Gasteiger partial charge in [0.1, 0.15) is 17.5 Å². The fourth-order valence-electron chi connectivity index (χ4n) is 6.78. The van der Waals surface area contributed by atoms with Crippen molar-refractivity contribution in [3.63, 3.8) is 0 Å². The van der Waals surface area contributed by atoms with E-state index in [0.29, 0.717) is 42.7 Å². The maximum absolute atomic E-state index is 15.0. The van der Waals surface area contributed by atoms with Gasteiger partial charge in [0.2, 0.25) is 5.91 Å². The zero-order valence-corrected chi connectivity index (χ0v) is 26.9. The summed E-state index contributed by atoms with van der Waals surface area (Å²) in [6.07, 6.45) is 0.525. The van der Waals surface area contributed by atoms with Gasteiger partial charge < -0.3 is 15.6 Å². The van der Waals surface area contributed by atoms with Crippen LogP contribution in [0.1, 0.15) is 59.3 Å². The minimum absolute atomic E-state index is 0.0559. The molecule has 13 heteroatoms. The first-order valence-electron chi connectivity index (χ1n) is 15.8. The van der Waals surface area contributed by atoms with Crippen molar-refractivity contribution in [3.8, 4) is 17.3 Å². The second-order valence-electron chi connectivity index (χ2n) is 12.4. The summed E-state index contributed by atoms with van der Waals surface area (Å²) in [6.45, 7) is 1.57. The molecule has 3 heterocycles. The molecule has 7 nitrogen and oxygen atoms in total. The van der Waals surface area contributed by atoms with Gasteiger partial charge in [-0.15, -0.1) is 0 Å². The Balaban J connectivity index is 1.44. The van der Waals surface area contributed by atoms with Gasteiger partial charge in [0, 0.05) is 36.2 Å². The minimum atomic E-state index is -4.90. The van der Waals surface area contributed by atoms with E-state index >= 15 is 4.39 Å². The van der Waals surface area contributed by atoms with Gasteiger partial charge in [-0.2, -0.15) is 18.4 Å². The number of imidazole rings is 1.